The van der Waals surface area contributed by atoms with Crippen molar-refractivity contribution in [3.05, 3.63) is 22.8 Å². The van der Waals surface area contributed by atoms with Gasteiger partial charge in [-0.3, -0.25) is 4.72 Å². The van der Waals surface area contributed by atoms with Gasteiger partial charge in [0, 0.05) is 10.7 Å². The molecule has 1 aromatic heterocycles. The van der Waals surface area contributed by atoms with Crippen LogP contribution < -0.4 is 4.72 Å². The van der Waals surface area contributed by atoms with E-state index in [1.165, 1.54) is 0 Å². The molecular formula is C9H13BrN2O2S. The molecule has 0 aliphatic rings. The molecule has 1 heterocycles. The summed E-state index contributed by atoms with van der Waals surface area (Å²) in [6, 6.07) is 3.37. The summed E-state index contributed by atoms with van der Waals surface area (Å²) in [5, 5.41) is 0. The van der Waals surface area contributed by atoms with E-state index < -0.39 is 10.0 Å². The Morgan fingerprint density at radius 3 is 2.87 bits per heavy atom. The Morgan fingerprint density at radius 1 is 1.53 bits per heavy atom. The maximum absolute atomic E-state index is 11.5. The number of aromatic nitrogens is 1. The van der Waals surface area contributed by atoms with Gasteiger partial charge >= 0.3 is 0 Å². The van der Waals surface area contributed by atoms with Gasteiger partial charge in [0.15, 0.2) is 0 Å². The van der Waals surface area contributed by atoms with E-state index in [4.69, 9.17) is 0 Å². The lowest BCUT2D eigenvalue weighted by molar-refractivity contribution is 0.597. The van der Waals surface area contributed by atoms with Crippen LogP contribution in [-0.2, 0) is 10.0 Å². The largest absolute Gasteiger partial charge is 0.267 e. The Kier molecular flexibility index (Phi) is 4.53. The smallest absolute Gasteiger partial charge is 0.233 e. The second-order valence-corrected chi connectivity index (χ2v) is 5.89. The van der Waals surface area contributed by atoms with Crippen molar-refractivity contribution in [1.29, 1.82) is 0 Å². The molecule has 1 rings (SSSR count). The fourth-order valence-electron chi connectivity index (χ4n) is 1.01. The summed E-state index contributed by atoms with van der Waals surface area (Å²) in [5.74, 6) is 0.484. The molecule has 84 valence electrons. The SMILES string of the molecule is CCCCS(=O)(=O)Nc1cc(Br)ccn1. The van der Waals surface area contributed by atoms with E-state index in [1.807, 2.05) is 6.92 Å². The quantitative estimate of drug-likeness (QED) is 0.906. The minimum absolute atomic E-state index is 0.137. The molecule has 6 heteroatoms. The summed E-state index contributed by atoms with van der Waals surface area (Å²) in [6.45, 7) is 1.95. The number of hydrogen-bond donors (Lipinski definition) is 1. The van der Waals surface area contributed by atoms with Crippen molar-refractivity contribution >= 4 is 31.8 Å². The van der Waals surface area contributed by atoms with Crippen LogP contribution in [0.4, 0.5) is 5.82 Å². The van der Waals surface area contributed by atoms with Gasteiger partial charge in [0.05, 0.1) is 5.75 Å². The van der Waals surface area contributed by atoms with Gasteiger partial charge in [-0.25, -0.2) is 13.4 Å². The van der Waals surface area contributed by atoms with E-state index in [0.29, 0.717) is 12.2 Å². The number of hydrogen-bond acceptors (Lipinski definition) is 3. The lowest BCUT2D eigenvalue weighted by Gasteiger charge is -2.06. The molecule has 15 heavy (non-hydrogen) atoms. The monoisotopic (exact) mass is 292 g/mol. The van der Waals surface area contributed by atoms with Crippen molar-refractivity contribution in [3.8, 4) is 0 Å². The lowest BCUT2D eigenvalue weighted by Crippen LogP contribution is -2.17. The van der Waals surface area contributed by atoms with Crippen molar-refractivity contribution in [3.63, 3.8) is 0 Å². The average molecular weight is 293 g/mol. The first-order valence-electron chi connectivity index (χ1n) is 4.65. The van der Waals surface area contributed by atoms with Crippen LogP contribution in [0.3, 0.4) is 0 Å². The molecule has 1 N–H and O–H groups in total. The number of rotatable bonds is 5. The number of unbranched alkanes of at least 4 members (excludes halogenated alkanes) is 1. The van der Waals surface area contributed by atoms with Crippen LogP contribution >= 0.6 is 15.9 Å². The van der Waals surface area contributed by atoms with Gasteiger partial charge in [-0.15, -0.1) is 0 Å². The Balaban J connectivity index is 2.69. The second-order valence-electron chi connectivity index (χ2n) is 3.13. The Labute approximate surface area is 98.3 Å². The number of halogens is 1. The number of anilines is 1. The number of nitrogens with one attached hydrogen (secondary N) is 1. The van der Waals surface area contributed by atoms with Crippen LogP contribution in [0, 0.1) is 0 Å². The summed E-state index contributed by atoms with van der Waals surface area (Å²) in [4.78, 5) is 3.91. The highest BCUT2D eigenvalue weighted by molar-refractivity contribution is 9.10. The van der Waals surface area contributed by atoms with E-state index in [9.17, 15) is 8.42 Å². The third kappa shape index (κ3) is 4.61. The molecule has 1 aromatic rings. The molecule has 0 saturated carbocycles. The highest BCUT2D eigenvalue weighted by atomic mass is 79.9. The molecule has 0 fully saturated rings. The van der Waals surface area contributed by atoms with E-state index in [2.05, 4.69) is 25.6 Å². The molecule has 0 saturated heterocycles. The minimum Gasteiger partial charge on any atom is -0.267 e. The summed E-state index contributed by atoms with van der Waals surface area (Å²) >= 11 is 3.25. The summed E-state index contributed by atoms with van der Waals surface area (Å²) < 4.78 is 26.2. The van der Waals surface area contributed by atoms with Crippen LogP contribution in [0.1, 0.15) is 19.8 Å². The topological polar surface area (TPSA) is 59.1 Å². The Bertz CT molecular complexity index is 420. The predicted molar refractivity (Wildman–Crippen MR) is 64.3 cm³/mol. The molecular weight excluding hydrogens is 280 g/mol. The maximum Gasteiger partial charge on any atom is 0.233 e. The zero-order valence-corrected chi connectivity index (χ0v) is 10.8. The molecule has 0 unspecified atom stereocenters. The summed E-state index contributed by atoms with van der Waals surface area (Å²) in [5.41, 5.74) is 0. The number of sulfonamides is 1. The number of pyridine rings is 1. The summed E-state index contributed by atoms with van der Waals surface area (Å²) in [7, 11) is -3.25. The molecule has 0 spiro atoms. The first-order valence-corrected chi connectivity index (χ1v) is 7.10. The van der Waals surface area contributed by atoms with Crippen molar-refractivity contribution in [2.24, 2.45) is 0 Å². The molecule has 0 aromatic carbocycles. The molecule has 0 aliphatic heterocycles. The zero-order chi connectivity index (χ0) is 11.3. The van der Waals surface area contributed by atoms with Gasteiger partial charge in [-0.1, -0.05) is 29.3 Å². The van der Waals surface area contributed by atoms with E-state index in [1.54, 1.807) is 18.3 Å². The third-order valence-electron chi connectivity index (χ3n) is 1.75. The van der Waals surface area contributed by atoms with Gasteiger partial charge in [0.25, 0.3) is 0 Å². The molecule has 4 nitrogen and oxygen atoms in total. The molecule has 0 amide bonds. The minimum atomic E-state index is -3.25. The van der Waals surface area contributed by atoms with Crippen molar-refractivity contribution in [1.82, 2.24) is 4.98 Å². The fourth-order valence-corrected chi connectivity index (χ4v) is 2.54. The van der Waals surface area contributed by atoms with Crippen molar-refractivity contribution in [2.75, 3.05) is 10.5 Å². The average Bonchev–Trinajstić information content (AvgIpc) is 2.14. The fraction of sp³-hybridized carbons (Fsp3) is 0.444. The van der Waals surface area contributed by atoms with Crippen LogP contribution in [0.5, 0.6) is 0 Å². The third-order valence-corrected chi connectivity index (χ3v) is 3.59. The number of nitrogens with zero attached hydrogens (tertiary/aromatic N) is 1. The van der Waals surface area contributed by atoms with E-state index >= 15 is 0 Å². The van der Waals surface area contributed by atoms with Crippen LogP contribution in [0.25, 0.3) is 0 Å². The molecule has 0 atom stereocenters. The molecule has 0 radical (unpaired) electrons. The standard InChI is InChI=1S/C9H13BrN2O2S/c1-2-3-6-15(13,14)12-9-7-8(10)4-5-11-9/h4-5,7H,2-3,6H2,1H3,(H,11,12). The highest BCUT2D eigenvalue weighted by Crippen LogP contribution is 2.14. The Hall–Kier alpha value is -0.620. The van der Waals surface area contributed by atoms with Gasteiger partial charge in [0.1, 0.15) is 5.82 Å². The normalized spacial score (nSPS) is 11.3. The van der Waals surface area contributed by atoms with Crippen molar-refractivity contribution in [2.45, 2.75) is 19.8 Å². The Morgan fingerprint density at radius 2 is 2.27 bits per heavy atom. The van der Waals surface area contributed by atoms with Crippen molar-refractivity contribution < 1.29 is 8.42 Å². The lowest BCUT2D eigenvalue weighted by atomic mass is 10.4. The van der Waals surface area contributed by atoms with Crippen LogP contribution in [-0.4, -0.2) is 19.2 Å². The summed E-state index contributed by atoms with van der Waals surface area (Å²) in [6.07, 6.45) is 3.05. The molecule has 0 aliphatic carbocycles. The van der Waals surface area contributed by atoms with Crippen LogP contribution in [0.2, 0.25) is 0 Å². The van der Waals surface area contributed by atoms with Gasteiger partial charge in [-0.2, -0.15) is 0 Å². The van der Waals surface area contributed by atoms with Gasteiger partial charge < -0.3 is 0 Å². The zero-order valence-electron chi connectivity index (χ0n) is 8.40. The second kappa shape index (κ2) is 5.46. The first kappa shape index (κ1) is 12.4. The first-order chi connectivity index (χ1) is 7.03. The van der Waals surface area contributed by atoms with E-state index in [-0.39, 0.29) is 5.75 Å². The van der Waals surface area contributed by atoms with Gasteiger partial charge in [0.2, 0.25) is 10.0 Å². The molecule has 0 bridgehead atoms. The maximum atomic E-state index is 11.5. The highest BCUT2D eigenvalue weighted by Gasteiger charge is 2.09. The van der Waals surface area contributed by atoms with E-state index in [0.717, 1.165) is 10.9 Å². The van der Waals surface area contributed by atoms with Gasteiger partial charge in [-0.05, 0) is 18.6 Å². The van der Waals surface area contributed by atoms with Crippen LogP contribution in [0.15, 0.2) is 22.8 Å². The predicted octanol–water partition coefficient (Wildman–Crippen LogP) is 2.39.